The summed E-state index contributed by atoms with van der Waals surface area (Å²) in [6.45, 7) is 2.99. The highest BCUT2D eigenvalue weighted by Crippen LogP contribution is 2.42. The maximum absolute atomic E-state index is 14.0. The van der Waals surface area contributed by atoms with Gasteiger partial charge in [-0.05, 0) is 25.0 Å². The van der Waals surface area contributed by atoms with E-state index in [1.807, 2.05) is 29.2 Å². The Hall–Kier alpha value is -4.33. The fraction of sp³-hybridized carbons (Fsp3) is 0.379. The Morgan fingerprint density at radius 1 is 1.00 bits per heavy atom. The van der Waals surface area contributed by atoms with Gasteiger partial charge in [0.25, 0.3) is 5.56 Å². The van der Waals surface area contributed by atoms with Crippen molar-refractivity contribution in [2.75, 3.05) is 6.61 Å². The summed E-state index contributed by atoms with van der Waals surface area (Å²) in [7, 11) is 0. The van der Waals surface area contributed by atoms with Gasteiger partial charge in [-0.3, -0.25) is 14.3 Å². The predicted octanol–water partition coefficient (Wildman–Crippen LogP) is 2.17. The van der Waals surface area contributed by atoms with Gasteiger partial charge in [-0.25, -0.2) is 14.4 Å². The average molecular weight is 584 g/mol. The molecular formula is C29H30FN3O9. The number of alkyl carbamates (subject to hydrolysis) is 1. The van der Waals surface area contributed by atoms with E-state index in [1.54, 1.807) is 50.2 Å². The Morgan fingerprint density at radius 3 is 2.33 bits per heavy atom. The lowest BCUT2D eigenvalue weighted by Crippen LogP contribution is -2.45. The van der Waals surface area contributed by atoms with Gasteiger partial charge in [-0.15, -0.1) is 0 Å². The number of H-pyrrole nitrogens is 1. The Balaban J connectivity index is 1.28. The van der Waals surface area contributed by atoms with Crippen molar-refractivity contribution in [3.63, 3.8) is 0 Å². The molecule has 0 unspecified atom stereocenters. The molecule has 1 amide bonds. The van der Waals surface area contributed by atoms with Crippen LogP contribution in [0.15, 0.2) is 76.4 Å². The summed E-state index contributed by atoms with van der Waals surface area (Å²) < 4.78 is 43.6. The van der Waals surface area contributed by atoms with Crippen LogP contribution in [-0.4, -0.2) is 58.4 Å². The number of aromatic amines is 1. The topological polar surface area (TPSA) is 147 Å². The summed E-state index contributed by atoms with van der Waals surface area (Å²) in [5.41, 5.74) is -0.522. The van der Waals surface area contributed by atoms with Crippen molar-refractivity contribution < 1.29 is 37.7 Å². The molecule has 0 spiro atoms. The third-order valence-electron chi connectivity index (χ3n) is 6.79. The van der Waals surface area contributed by atoms with Gasteiger partial charge in [0.15, 0.2) is 12.0 Å². The zero-order chi connectivity index (χ0) is 29.9. The van der Waals surface area contributed by atoms with Gasteiger partial charge in [0.2, 0.25) is 5.82 Å². The number of fused-ring (bicyclic) bond motifs is 1. The van der Waals surface area contributed by atoms with E-state index in [2.05, 4.69) is 5.32 Å². The van der Waals surface area contributed by atoms with Crippen molar-refractivity contribution in [1.82, 2.24) is 14.9 Å². The molecule has 42 heavy (non-hydrogen) atoms. The summed E-state index contributed by atoms with van der Waals surface area (Å²) in [5.74, 6) is -3.02. The molecule has 2 aliphatic heterocycles. The van der Waals surface area contributed by atoms with E-state index in [-0.39, 0.29) is 19.6 Å². The third kappa shape index (κ3) is 6.75. The molecule has 2 saturated heterocycles. The summed E-state index contributed by atoms with van der Waals surface area (Å²) in [6.07, 6.45) is -3.72. The van der Waals surface area contributed by atoms with E-state index < -0.39 is 65.5 Å². The first-order valence-corrected chi connectivity index (χ1v) is 13.3. The van der Waals surface area contributed by atoms with Gasteiger partial charge in [0.1, 0.15) is 37.6 Å². The highest BCUT2D eigenvalue weighted by atomic mass is 19.1. The monoisotopic (exact) mass is 583 g/mol. The minimum atomic E-state index is -1.18. The lowest BCUT2D eigenvalue weighted by atomic mass is 10.1. The van der Waals surface area contributed by atoms with Crippen LogP contribution in [0.1, 0.15) is 31.2 Å². The Kier molecular flexibility index (Phi) is 8.52. The quantitative estimate of drug-likeness (QED) is 0.362. The first kappa shape index (κ1) is 29.2. The number of carbonyl (C=O) groups excluding carboxylic acids is 2. The number of rotatable bonds is 9. The number of halogens is 1. The minimum absolute atomic E-state index is 0.0119. The van der Waals surface area contributed by atoms with Crippen LogP contribution in [0.25, 0.3) is 0 Å². The molecule has 0 saturated carbocycles. The predicted molar refractivity (Wildman–Crippen MR) is 144 cm³/mol. The number of benzene rings is 2. The van der Waals surface area contributed by atoms with E-state index in [9.17, 15) is 23.6 Å². The van der Waals surface area contributed by atoms with Gasteiger partial charge in [0.05, 0.1) is 6.20 Å². The van der Waals surface area contributed by atoms with Crippen molar-refractivity contribution in [2.24, 2.45) is 0 Å². The fourth-order valence-corrected chi connectivity index (χ4v) is 4.88. The van der Waals surface area contributed by atoms with Gasteiger partial charge in [-0.1, -0.05) is 60.7 Å². The molecule has 12 nitrogen and oxygen atoms in total. The summed E-state index contributed by atoms with van der Waals surface area (Å²) >= 11 is 0. The minimum Gasteiger partial charge on any atom is -0.461 e. The Labute approximate surface area is 239 Å². The van der Waals surface area contributed by atoms with Crippen LogP contribution in [0.2, 0.25) is 0 Å². The molecule has 2 N–H and O–H groups in total. The van der Waals surface area contributed by atoms with E-state index in [0.29, 0.717) is 0 Å². The summed E-state index contributed by atoms with van der Waals surface area (Å²) in [4.78, 5) is 51.7. The standard InChI is InChI=1S/C29H30FN3O9/c1-29(2)41-22-21(40-25(23(22)42-29)33-14-19(30)24(34)32-27(33)36)16-38-26(35)20(13-17-9-5-3-6-10-17)31-28(37)39-15-18-11-7-4-8-12-18/h3-12,14,20-23,25H,13,15-16H2,1-2H3,(H,31,37)(H,32,34,36)/t20-,21+,22+,23+,25+/m0/s1. The van der Waals surface area contributed by atoms with Gasteiger partial charge in [-0.2, -0.15) is 4.39 Å². The van der Waals surface area contributed by atoms with Crippen LogP contribution in [0.4, 0.5) is 9.18 Å². The Bertz CT molecular complexity index is 1530. The van der Waals surface area contributed by atoms with Crippen LogP contribution in [-0.2, 0) is 41.5 Å². The van der Waals surface area contributed by atoms with Crippen LogP contribution >= 0.6 is 0 Å². The second-order valence-electron chi connectivity index (χ2n) is 10.4. The molecule has 2 aliphatic rings. The van der Waals surface area contributed by atoms with E-state index in [4.69, 9.17) is 23.7 Å². The highest BCUT2D eigenvalue weighted by Gasteiger charge is 2.56. The number of esters is 1. The molecule has 0 aliphatic carbocycles. The molecule has 0 bridgehead atoms. The number of carbonyl (C=O) groups is 2. The Morgan fingerprint density at radius 2 is 1.64 bits per heavy atom. The molecule has 3 aromatic rings. The van der Waals surface area contributed by atoms with Crippen molar-refractivity contribution in [1.29, 1.82) is 0 Å². The molecule has 5 rings (SSSR count). The molecule has 2 aromatic carbocycles. The number of nitrogens with zero attached hydrogens (tertiary/aromatic N) is 1. The van der Waals surface area contributed by atoms with Gasteiger partial charge in [0, 0.05) is 6.42 Å². The van der Waals surface area contributed by atoms with E-state index >= 15 is 0 Å². The van der Waals surface area contributed by atoms with Gasteiger partial charge >= 0.3 is 17.8 Å². The number of hydrogen-bond acceptors (Lipinski definition) is 9. The number of nitrogens with one attached hydrogen (secondary N) is 2. The molecule has 0 radical (unpaired) electrons. The summed E-state index contributed by atoms with van der Waals surface area (Å²) in [6, 6.07) is 17.0. The van der Waals surface area contributed by atoms with Crippen molar-refractivity contribution >= 4 is 12.1 Å². The molecular weight excluding hydrogens is 553 g/mol. The van der Waals surface area contributed by atoms with Crippen LogP contribution in [0.3, 0.4) is 0 Å². The molecule has 5 atom stereocenters. The highest BCUT2D eigenvalue weighted by molar-refractivity contribution is 5.81. The number of aromatic nitrogens is 2. The van der Waals surface area contributed by atoms with Crippen molar-refractivity contribution in [2.45, 2.75) is 63.2 Å². The SMILES string of the molecule is CC1(C)O[C@@H]2[C@H](O1)[C@@H](COC(=O)[C@H](Cc1ccccc1)NC(=O)OCc1ccccc1)O[C@H]2n1cc(F)c(=O)[nH]c1=O. The smallest absolute Gasteiger partial charge is 0.408 e. The van der Waals surface area contributed by atoms with Crippen LogP contribution in [0, 0.1) is 5.82 Å². The van der Waals surface area contributed by atoms with E-state index in [1.165, 1.54) is 0 Å². The lowest BCUT2D eigenvalue weighted by Gasteiger charge is -2.25. The van der Waals surface area contributed by atoms with Gasteiger partial charge < -0.3 is 29.0 Å². The number of amides is 1. The van der Waals surface area contributed by atoms with Crippen molar-refractivity contribution in [3.8, 4) is 0 Å². The molecule has 222 valence electrons. The number of hydrogen-bond donors (Lipinski definition) is 2. The third-order valence-corrected chi connectivity index (χ3v) is 6.79. The van der Waals surface area contributed by atoms with Crippen molar-refractivity contribution in [3.05, 3.63) is 105 Å². The normalized spacial score (nSPS) is 23.1. The van der Waals surface area contributed by atoms with Crippen LogP contribution < -0.4 is 16.6 Å². The summed E-state index contributed by atoms with van der Waals surface area (Å²) in [5, 5.41) is 2.57. The molecule has 1 aromatic heterocycles. The second-order valence-corrected chi connectivity index (χ2v) is 10.4. The molecule has 13 heteroatoms. The fourth-order valence-electron chi connectivity index (χ4n) is 4.88. The molecule has 2 fully saturated rings. The van der Waals surface area contributed by atoms with Crippen LogP contribution in [0.5, 0.6) is 0 Å². The molecule has 3 heterocycles. The average Bonchev–Trinajstić information content (AvgIpc) is 3.46. The first-order valence-electron chi connectivity index (χ1n) is 13.3. The maximum atomic E-state index is 14.0. The van der Waals surface area contributed by atoms with E-state index in [0.717, 1.165) is 21.9 Å². The lowest BCUT2D eigenvalue weighted by molar-refractivity contribution is -0.203. The first-order chi connectivity index (χ1) is 20.1. The second kappa shape index (κ2) is 12.3. The largest absolute Gasteiger partial charge is 0.461 e. The maximum Gasteiger partial charge on any atom is 0.408 e. The zero-order valence-corrected chi connectivity index (χ0v) is 22.9. The zero-order valence-electron chi connectivity index (χ0n) is 22.9. The number of ether oxygens (including phenoxy) is 5.